The fourth-order valence-corrected chi connectivity index (χ4v) is 3.44. The molecular formula is C23H20N2O2S. The maximum atomic E-state index is 12.2. The number of carbonyl (C=O) groups excluding carboxylic acids is 1. The summed E-state index contributed by atoms with van der Waals surface area (Å²) in [6, 6.07) is 26.8. The molecule has 0 saturated heterocycles. The van der Waals surface area contributed by atoms with Crippen LogP contribution in [0.1, 0.15) is 17.5 Å². The van der Waals surface area contributed by atoms with Gasteiger partial charge in [0, 0.05) is 28.8 Å². The lowest BCUT2D eigenvalue weighted by Gasteiger charge is -2.10. The number of carbonyl (C=O) groups is 1. The molecule has 0 saturated carbocycles. The van der Waals surface area contributed by atoms with Crippen molar-refractivity contribution < 1.29 is 9.53 Å². The number of nitrogens with one attached hydrogen (secondary N) is 1. The third kappa shape index (κ3) is 6.19. The molecular weight excluding hydrogens is 368 g/mol. The van der Waals surface area contributed by atoms with Crippen molar-refractivity contribution in [2.75, 3.05) is 11.1 Å². The summed E-state index contributed by atoms with van der Waals surface area (Å²) in [7, 11) is 0. The summed E-state index contributed by atoms with van der Waals surface area (Å²) in [4.78, 5) is 13.3. The molecule has 4 nitrogen and oxygen atoms in total. The Bertz CT molecular complexity index is 968. The van der Waals surface area contributed by atoms with Gasteiger partial charge in [-0.3, -0.25) is 4.79 Å². The Morgan fingerprint density at radius 3 is 2.64 bits per heavy atom. The van der Waals surface area contributed by atoms with E-state index in [9.17, 15) is 4.79 Å². The first kappa shape index (κ1) is 19.5. The minimum Gasteiger partial charge on any atom is -0.489 e. The fourth-order valence-electron chi connectivity index (χ4n) is 2.56. The van der Waals surface area contributed by atoms with E-state index < -0.39 is 0 Å². The quantitative estimate of drug-likeness (QED) is 0.535. The summed E-state index contributed by atoms with van der Waals surface area (Å²) in [6.45, 7) is 0.362. The van der Waals surface area contributed by atoms with Gasteiger partial charge in [-0.2, -0.15) is 5.26 Å². The Morgan fingerprint density at radius 1 is 1.00 bits per heavy atom. The van der Waals surface area contributed by atoms with Crippen LogP contribution in [-0.2, 0) is 11.4 Å². The zero-order valence-corrected chi connectivity index (χ0v) is 16.1. The Morgan fingerprint density at radius 2 is 1.82 bits per heavy atom. The van der Waals surface area contributed by atoms with Crippen LogP contribution < -0.4 is 10.1 Å². The molecule has 1 N–H and O–H groups in total. The lowest BCUT2D eigenvalue weighted by molar-refractivity contribution is -0.115. The van der Waals surface area contributed by atoms with E-state index in [0.29, 0.717) is 30.0 Å². The topological polar surface area (TPSA) is 62.1 Å². The molecule has 0 aromatic heterocycles. The summed E-state index contributed by atoms with van der Waals surface area (Å²) in [5.74, 6) is 1.36. The van der Waals surface area contributed by atoms with Crippen molar-refractivity contribution in [2.24, 2.45) is 0 Å². The first-order valence-corrected chi connectivity index (χ1v) is 9.91. The lowest BCUT2D eigenvalue weighted by atomic mass is 10.1. The normalized spacial score (nSPS) is 10.1. The van der Waals surface area contributed by atoms with Gasteiger partial charge in [-0.25, -0.2) is 0 Å². The van der Waals surface area contributed by atoms with Crippen LogP contribution in [0.3, 0.4) is 0 Å². The predicted molar refractivity (Wildman–Crippen MR) is 112 cm³/mol. The Kier molecular flexibility index (Phi) is 7.11. The van der Waals surface area contributed by atoms with E-state index in [2.05, 4.69) is 11.4 Å². The van der Waals surface area contributed by atoms with Gasteiger partial charge >= 0.3 is 0 Å². The number of hydrogen-bond donors (Lipinski definition) is 1. The molecule has 28 heavy (non-hydrogen) atoms. The van der Waals surface area contributed by atoms with Gasteiger partial charge in [0.15, 0.2) is 0 Å². The van der Waals surface area contributed by atoms with Crippen molar-refractivity contribution in [3.05, 3.63) is 90.0 Å². The first-order chi connectivity index (χ1) is 13.7. The smallest absolute Gasteiger partial charge is 0.225 e. The van der Waals surface area contributed by atoms with Gasteiger partial charge in [-0.15, -0.1) is 11.8 Å². The lowest BCUT2D eigenvalue weighted by Crippen LogP contribution is -2.12. The van der Waals surface area contributed by atoms with Crippen LogP contribution >= 0.6 is 11.8 Å². The van der Waals surface area contributed by atoms with Gasteiger partial charge in [0.05, 0.1) is 11.6 Å². The monoisotopic (exact) mass is 388 g/mol. The Labute approximate surface area is 169 Å². The molecule has 0 heterocycles. The molecule has 0 aliphatic carbocycles. The second kappa shape index (κ2) is 10.2. The van der Waals surface area contributed by atoms with Crippen LogP contribution in [0.2, 0.25) is 0 Å². The molecule has 0 radical (unpaired) electrons. The van der Waals surface area contributed by atoms with Crippen LogP contribution in [0, 0.1) is 11.3 Å². The molecule has 140 valence electrons. The number of nitrogens with zero attached hydrogens (tertiary/aromatic N) is 1. The summed E-state index contributed by atoms with van der Waals surface area (Å²) in [5, 5.41) is 11.9. The number of benzene rings is 3. The van der Waals surface area contributed by atoms with Crippen LogP contribution in [0.5, 0.6) is 5.75 Å². The van der Waals surface area contributed by atoms with Crippen molar-refractivity contribution in [3.63, 3.8) is 0 Å². The van der Waals surface area contributed by atoms with Crippen molar-refractivity contribution in [1.82, 2.24) is 0 Å². The van der Waals surface area contributed by atoms with E-state index in [1.54, 1.807) is 30.0 Å². The summed E-state index contributed by atoms with van der Waals surface area (Å²) in [6.07, 6.45) is 0.436. The summed E-state index contributed by atoms with van der Waals surface area (Å²) in [5.41, 5.74) is 2.24. The maximum absolute atomic E-state index is 12.2. The van der Waals surface area contributed by atoms with E-state index in [0.717, 1.165) is 16.2 Å². The highest BCUT2D eigenvalue weighted by Crippen LogP contribution is 2.21. The largest absolute Gasteiger partial charge is 0.489 e. The number of amides is 1. The van der Waals surface area contributed by atoms with E-state index in [1.165, 1.54) is 0 Å². The molecule has 0 fully saturated rings. The minimum absolute atomic E-state index is 0.0256. The highest BCUT2D eigenvalue weighted by atomic mass is 32.2. The average Bonchev–Trinajstić information content (AvgIpc) is 2.73. The Balaban J connectivity index is 1.48. The number of hydrogen-bond acceptors (Lipinski definition) is 4. The van der Waals surface area contributed by atoms with Gasteiger partial charge in [0.2, 0.25) is 5.91 Å². The average molecular weight is 388 g/mol. The molecule has 0 unspecified atom stereocenters. The third-order valence-corrected chi connectivity index (χ3v) is 4.93. The molecule has 3 rings (SSSR count). The highest BCUT2D eigenvalue weighted by molar-refractivity contribution is 7.99. The molecule has 0 atom stereocenters. The minimum atomic E-state index is -0.0256. The number of thioether (sulfide) groups is 1. The molecule has 0 aliphatic heterocycles. The molecule has 3 aromatic carbocycles. The molecule has 1 amide bonds. The highest BCUT2D eigenvalue weighted by Gasteiger charge is 2.05. The van der Waals surface area contributed by atoms with Crippen LogP contribution in [0.25, 0.3) is 0 Å². The van der Waals surface area contributed by atoms with Gasteiger partial charge in [-0.05, 0) is 42.0 Å². The van der Waals surface area contributed by atoms with E-state index in [1.807, 2.05) is 60.7 Å². The van der Waals surface area contributed by atoms with E-state index >= 15 is 0 Å². The van der Waals surface area contributed by atoms with Crippen molar-refractivity contribution in [1.29, 1.82) is 5.26 Å². The first-order valence-electron chi connectivity index (χ1n) is 8.92. The SMILES string of the molecule is N#Cc1cccc(COc2cccc(NC(=O)CCSc3ccccc3)c2)c1. The zero-order chi connectivity index (χ0) is 19.6. The van der Waals surface area contributed by atoms with Gasteiger partial charge in [0.1, 0.15) is 12.4 Å². The van der Waals surface area contributed by atoms with Crippen LogP contribution in [0.4, 0.5) is 5.69 Å². The molecule has 3 aromatic rings. The number of anilines is 1. The molecule has 0 bridgehead atoms. The number of nitriles is 1. The van der Waals surface area contributed by atoms with Crippen LogP contribution in [-0.4, -0.2) is 11.7 Å². The zero-order valence-electron chi connectivity index (χ0n) is 15.3. The fraction of sp³-hybridized carbons (Fsp3) is 0.130. The standard InChI is InChI=1S/C23H20N2O2S/c24-16-18-6-4-7-19(14-18)17-27-21-9-5-8-20(15-21)25-23(26)12-13-28-22-10-2-1-3-11-22/h1-11,14-15H,12-13,17H2,(H,25,26). The van der Waals surface area contributed by atoms with E-state index in [4.69, 9.17) is 10.00 Å². The molecule has 0 spiro atoms. The van der Waals surface area contributed by atoms with Crippen LogP contribution in [0.15, 0.2) is 83.8 Å². The Hall–Kier alpha value is -3.23. The predicted octanol–water partition coefficient (Wildman–Crippen LogP) is 5.26. The molecule has 5 heteroatoms. The third-order valence-electron chi connectivity index (χ3n) is 3.92. The van der Waals surface area contributed by atoms with Crippen molar-refractivity contribution >= 4 is 23.4 Å². The second-order valence-electron chi connectivity index (χ2n) is 6.09. The van der Waals surface area contributed by atoms with Crippen molar-refractivity contribution in [2.45, 2.75) is 17.9 Å². The number of ether oxygens (including phenoxy) is 1. The van der Waals surface area contributed by atoms with Gasteiger partial charge < -0.3 is 10.1 Å². The second-order valence-corrected chi connectivity index (χ2v) is 7.26. The summed E-state index contributed by atoms with van der Waals surface area (Å²) < 4.78 is 5.79. The maximum Gasteiger partial charge on any atom is 0.225 e. The van der Waals surface area contributed by atoms with Gasteiger partial charge in [-0.1, -0.05) is 36.4 Å². The van der Waals surface area contributed by atoms with Crippen molar-refractivity contribution in [3.8, 4) is 11.8 Å². The number of rotatable bonds is 8. The van der Waals surface area contributed by atoms with E-state index in [-0.39, 0.29) is 5.91 Å². The summed E-state index contributed by atoms with van der Waals surface area (Å²) >= 11 is 1.66. The molecule has 0 aliphatic rings. The van der Waals surface area contributed by atoms with Gasteiger partial charge in [0.25, 0.3) is 0 Å².